The van der Waals surface area contributed by atoms with Crippen molar-refractivity contribution in [3.8, 4) is 17.1 Å². The molecule has 0 atom stereocenters. The topological polar surface area (TPSA) is 52.1 Å². The van der Waals surface area contributed by atoms with Gasteiger partial charge in [-0.05, 0) is 48.8 Å². The van der Waals surface area contributed by atoms with Gasteiger partial charge in [0.25, 0.3) is 0 Å². The monoisotopic (exact) mass is 444 g/mol. The summed E-state index contributed by atoms with van der Waals surface area (Å²) in [4.78, 5) is 20.6. The van der Waals surface area contributed by atoms with Crippen LogP contribution in [0, 0.1) is 0 Å². The van der Waals surface area contributed by atoms with E-state index in [-0.39, 0.29) is 5.97 Å². The SMILES string of the molecule is CCCCCC(=O)Oc1cnc(-c2ccc(CCc3ccc(CCCCC)cc3)cc2)nc1. The number of hydrogen-bond donors (Lipinski definition) is 0. The first kappa shape index (κ1) is 24.6. The number of benzene rings is 2. The van der Waals surface area contributed by atoms with Gasteiger partial charge in [-0.1, -0.05) is 88.1 Å². The lowest BCUT2D eigenvalue weighted by molar-refractivity contribution is -0.134. The fraction of sp³-hybridized carbons (Fsp3) is 0.414. The van der Waals surface area contributed by atoms with Crippen LogP contribution < -0.4 is 4.74 Å². The van der Waals surface area contributed by atoms with Gasteiger partial charge >= 0.3 is 5.97 Å². The molecule has 0 aliphatic heterocycles. The molecule has 33 heavy (non-hydrogen) atoms. The minimum absolute atomic E-state index is 0.227. The van der Waals surface area contributed by atoms with Crippen molar-refractivity contribution in [1.29, 1.82) is 0 Å². The van der Waals surface area contributed by atoms with Gasteiger partial charge in [-0.25, -0.2) is 9.97 Å². The Bertz CT molecular complexity index is 964. The molecule has 1 aromatic heterocycles. The van der Waals surface area contributed by atoms with Crippen molar-refractivity contribution >= 4 is 5.97 Å². The van der Waals surface area contributed by atoms with Crippen molar-refractivity contribution < 1.29 is 9.53 Å². The van der Waals surface area contributed by atoms with Gasteiger partial charge in [0.1, 0.15) is 0 Å². The predicted molar refractivity (Wildman–Crippen MR) is 134 cm³/mol. The molecule has 3 rings (SSSR count). The average Bonchev–Trinajstić information content (AvgIpc) is 2.85. The second-order valence-electron chi connectivity index (χ2n) is 8.64. The van der Waals surface area contributed by atoms with Gasteiger partial charge < -0.3 is 4.74 Å². The molecule has 0 spiro atoms. The Labute approximate surface area is 198 Å². The van der Waals surface area contributed by atoms with E-state index in [1.54, 1.807) is 12.4 Å². The Hall–Kier alpha value is -3.01. The van der Waals surface area contributed by atoms with Crippen molar-refractivity contribution in [3.05, 3.63) is 77.6 Å². The van der Waals surface area contributed by atoms with E-state index >= 15 is 0 Å². The van der Waals surface area contributed by atoms with Gasteiger partial charge in [-0.15, -0.1) is 0 Å². The maximum atomic E-state index is 11.8. The number of aryl methyl sites for hydroxylation is 3. The van der Waals surface area contributed by atoms with Crippen molar-refractivity contribution in [3.63, 3.8) is 0 Å². The third-order valence-electron chi connectivity index (χ3n) is 5.85. The van der Waals surface area contributed by atoms with Crippen molar-refractivity contribution in [2.45, 2.75) is 78.1 Å². The number of unbranched alkanes of at least 4 members (excludes halogenated alkanes) is 4. The molecule has 0 amide bonds. The van der Waals surface area contributed by atoms with Crippen LogP contribution >= 0.6 is 0 Å². The summed E-state index contributed by atoms with van der Waals surface area (Å²) in [6.45, 7) is 4.35. The number of aromatic nitrogens is 2. The number of esters is 1. The highest BCUT2D eigenvalue weighted by molar-refractivity contribution is 5.72. The van der Waals surface area contributed by atoms with Crippen LogP contribution in [0.3, 0.4) is 0 Å². The van der Waals surface area contributed by atoms with Crippen LogP contribution in [-0.4, -0.2) is 15.9 Å². The molecular formula is C29H36N2O2. The predicted octanol–water partition coefficient (Wildman–Crippen LogP) is 7.15. The average molecular weight is 445 g/mol. The normalized spacial score (nSPS) is 10.8. The van der Waals surface area contributed by atoms with Gasteiger partial charge in [0.05, 0.1) is 12.4 Å². The van der Waals surface area contributed by atoms with Crippen LogP contribution in [0.25, 0.3) is 11.4 Å². The van der Waals surface area contributed by atoms with Crippen LogP contribution in [0.4, 0.5) is 0 Å². The molecule has 0 aliphatic carbocycles. The molecule has 0 unspecified atom stereocenters. The largest absolute Gasteiger partial charge is 0.423 e. The molecule has 0 fully saturated rings. The lowest BCUT2D eigenvalue weighted by Gasteiger charge is -2.07. The number of hydrogen-bond acceptors (Lipinski definition) is 4. The van der Waals surface area contributed by atoms with Crippen LogP contribution in [-0.2, 0) is 24.1 Å². The summed E-state index contributed by atoms with van der Waals surface area (Å²) < 4.78 is 5.31. The lowest BCUT2D eigenvalue weighted by Crippen LogP contribution is -2.08. The van der Waals surface area contributed by atoms with E-state index in [2.05, 4.69) is 72.3 Å². The minimum Gasteiger partial charge on any atom is -0.423 e. The molecule has 4 heteroatoms. The first-order valence-electron chi connectivity index (χ1n) is 12.4. The van der Waals surface area contributed by atoms with Gasteiger partial charge in [0, 0.05) is 12.0 Å². The lowest BCUT2D eigenvalue weighted by atomic mass is 10.0. The zero-order valence-electron chi connectivity index (χ0n) is 20.1. The second kappa shape index (κ2) is 13.5. The van der Waals surface area contributed by atoms with Crippen LogP contribution in [0.1, 0.15) is 75.5 Å². The Balaban J connectivity index is 1.48. The van der Waals surface area contributed by atoms with Crippen molar-refractivity contribution in [2.75, 3.05) is 0 Å². The van der Waals surface area contributed by atoms with Gasteiger partial charge in [-0.3, -0.25) is 4.79 Å². The maximum absolute atomic E-state index is 11.8. The molecule has 0 saturated heterocycles. The number of rotatable bonds is 13. The minimum atomic E-state index is -0.227. The van der Waals surface area contributed by atoms with E-state index in [1.165, 1.54) is 42.4 Å². The molecule has 0 saturated carbocycles. The number of nitrogens with zero attached hydrogens (tertiary/aromatic N) is 2. The van der Waals surface area contributed by atoms with Crippen LogP contribution in [0.15, 0.2) is 60.9 Å². The summed E-state index contributed by atoms with van der Waals surface area (Å²) in [5, 5.41) is 0. The summed E-state index contributed by atoms with van der Waals surface area (Å²) in [6, 6.07) is 17.5. The maximum Gasteiger partial charge on any atom is 0.311 e. The third-order valence-corrected chi connectivity index (χ3v) is 5.85. The summed E-state index contributed by atoms with van der Waals surface area (Å²) in [6.07, 6.45) is 13.6. The van der Waals surface area contributed by atoms with E-state index in [0.717, 1.165) is 37.7 Å². The molecule has 3 aromatic rings. The highest BCUT2D eigenvalue weighted by Crippen LogP contribution is 2.19. The van der Waals surface area contributed by atoms with Gasteiger partial charge in [0.2, 0.25) is 0 Å². The number of carbonyl (C=O) groups excluding carboxylic acids is 1. The van der Waals surface area contributed by atoms with E-state index in [4.69, 9.17) is 4.74 Å². The van der Waals surface area contributed by atoms with E-state index in [1.807, 2.05) is 0 Å². The first-order valence-corrected chi connectivity index (χ1v) is 12.4. The Morgan fingerprint density at radius 1 is 0.697 bits per heavy atom. The quantitative estimate of drug-likeness (QED) is 0.207. The summed E-state index contributed by atoms with van der Waals surface area (Å²) in [7, 11) is 0. The van der Waals surface area contributed by atoms with E-state index in [9.17, 15) is 4.79 Å². The van der Waals surface area contributed by atoms with Crippen molar-refractivity contribution in [1.82, 2.24) is 9.97 Å². The fourth-order valence-electron chi connectivity index (χ4n) is 3.78. The van der Waals surface area contributed by atoms with Gasteiger partial charge in [0.15, 0.2) is 11.6 Å². The summed E-state index contributed by atoms with van der Waals surface area (Å²) >= 11 is 0. The molecule has 4 nitrogen and oxygen atoms in total. The van der Waals surface area contributed by atoms with Crippen LogP contribution in [0.5, 0.6) is 5.75 Å². The zero-order valence-corrected chi connectivity index (χ0v) is 20.1. The standard InChI is InChI=1S/C29H36N2O2/c1-3-5-7-9-23-11-13-24(14-12-23)15-16-25-17-19-26(20-18-25)29-30-21-27(22-31-29)33-28(32)10-8-6-4-2/h11-14,17-22H,3-10,15-16H2,1-2H3. The Morgan fingerprint density at radius 3 is 1.79 bits per heavy atom. The highest BCUT2D eigenvalue weighted by Gasteiger charge is 2.07. The molecule has 174 valence electrons. The molecule has 0 radical (unpaired) electrons. The van der Waals surface area contributed by atoms with E-state index < -0.39 is 0 Å². The molecular weight excluding hydrogens is 408 g/mol. The number of ether oxygens (including phenoxy) is 1. The highest BCUT2D eigenvalue weighted by atomic mass is 16.5. The van der Waals surface area contributed by atoms with E-state index in [0.29, 0.717) is 18.0 Å². The second-order valence-corrected chi connectivity index (χ2v) is 8.64. The molecule has 1 heterocycles. The number of carbonyl (C=O) groups is 1. The van der Waals surface area contributed by atoms with Gasteiger partial charge in [-0.2, -0.15) is 0 Å². The molecule has 0 aliphatic rings. The molecule has 0 N–H and O–H groups in total. The summed E-state index contributed by atoms with van der Waals surface area (Å²) in [5.41, 5.74) is 5.06. The van der Waals surface area contributed by atoms with Crippen LogP contribution in [0.2, 0.25) is 0 Å². The van der Waals surface area contributed by atoms with Crippen molar-refractivity contribution in [2.24, 2.45) is 0 Å². The molecule has 0 bridgehead atoms. The zero-order chi connectivity index (χ0) is 23.3. The Morgan fingerprint density at radius 2 is 1.21 bits per heavy atom. The third kappa shape index (κ3) is 8.45. The Kier molecular flexibility index (Phi) is 10.1. The molecule has 2 aromatic carbocycles. The first-order chi connectivity index (χ1) is 16.2. The summed E-state index contributed by atoms with van der Waals surface area (Å²) in [5.74, 6) is 0.800. The fourth-order valence-corrected chi connectivity index (χ4v) is 3.78. The smallest absolute Gasteiger partial charge is 0.311 e.